The molecule has 3 heteroatoms. The molecule has 0 aliphatic heterocycles. The lowest BCUT2D eigenvalue weighted by molar-refractivity contribution is 0.173. The van der Waals surface area contributed by atoms with Crippen molar-refractivity contribution in [1.29, 1.82) is 0 Å². The van der Waals surface area contributed by atoms with Crippen molar-refractivity contribution in [2.45, 2.75) is 33.0 Å². The van der Waals surface area contributed by atoms with Crippen molar-refractivity contribution in [2.75, 3.05) is 7.11 Å². The zero-order chi connectivity index (χ0) is 15.2. The number of hydrogen-bond donors (Lipinski definition) is 1. The molecule has 0 aromatic heterocycles. The smallest absolute Gasteiger partial charge is 0.125 e. The van der Waals surface area contributed by atoms with E-state index in [0.717, 1.165) is 22.6 Å². The van der Waals surface area contributed by atoms with Crippen LogP contribution in [-0.4, -0.2) is 12.2 Å². The molecule has 2 aromatic rings. The fourth-order valence-electron chi connectivity index (χ4n) is 2.20. The van der Waals surface area contributed by atoms with Crippen LogP contribution in [0.4, 0.5) is 0 Å². The van der Waals surface area contributed by atoms with Gasteiger partial charge in [0.15, 0.2) is 0 Å². The van der Waals surface area contributed by atoms with Crippen LogP contribution in [0.1, 0.15) is 36.1 Å². The summed E-state index contributed by atoms with van der Waals surface area (Å²) in [5.41, 5.74) is 3.11. The van der Waals surface area contributed by atoms with Crippen LogP contribution in [0, 0.1) is 6.92 Å². The Morgan fingerprint density at radius 3 is 2.43 bits per heavy atom. The Hall–Kier alpha value is -2.00. The van der Waals surface area contributed by atoms with Crippen molar-refractivity contribution >= 4 is 0 Å². The number of ether oxygens (including phenoxy) is 2. The summed E-state index contributed by atoms with van der Waals surface area (Å²) in [6.07, 6.45) is 0.302. The normalized spacial score (nSPS) is 12.0. The second-order valence-electron chi connectivity index (χ2n) is 5.10. The maximum atomic E-state index is 9.77. The van der Waals surface area contributed by atoms with Crippen LogP contribution in [-0.2, 0) is 6.61 Å². The maximum absolute atomic E-state index is 9.77. The van der Waals surface area contributed by atoms with Crippen molar-refractivity contribution in [3.05, 3.63) is 59.2 Å². The van der Waals surface area contributed by atoms with Gasteiger partial charge < -0.3 is 14.6 Å². The van der Waals surface area contributed by atoms with Crippen molar-refractivity contribution in [1.82, 2.24) is 0 Å². The molecule has 0 spiro atoms. The van der Waals surface area contributed by atoms with Crippen LogP contribution in [0.15, 0.2) is 42.5 Å². The molecular formula is C18H22O3. The largest absolute Gasteiger partial charge is 0.496 e. The fraction of sp³-hybridized carbons (Fsp3) is 0.333. The average molecular weight is 286 g/mol. The van der Waals surface area contributed by atoms with Crippen LogP contribution >= 0.6 is 0 Å². The summed E-state index contributed by atoms with van der Waals surface area (Å²) in [6.45, 7) is 4.46. The molecule has 112 valence electrons. The molecule has 0 saturated carbocycles. The predicted molar refractivity (Wildman–Crippen MR) is 83.8 cm³/mol. The highest BCUT2D eigenvalue weighted by molar-refractivity contribution is 5.37. The van der Waals surface area contributed by atoms with Gasteiger partial charge in [0.25, 0.3) is 0 Å². The van der Waals surface area contributed by atoms with Crippen molar-refractivity contribution in [2.24, 2.45) is 0 Å². The Kier molecular flexibility index (Phi) is 5.23. The predicted octanol–water partition coefficient (Wildman–Crippen LogP) is 4.03. The number of hydrogen-bond acceptors (Lipinski definition) is 3. The van der Waals surface area contributed by atoms with Gasteiger partial charge in [0, 0.05) is 5.56 Å². The van der Waals surface area contributed by atoms with Crippen molar-refractivity contribution < 1.29 is 14.6 Å². The molecule has 2 rings (SSSR count). The molecule has 2 aromatic carbocycles. The molecule has 1 N–H and O–H groups in total. The van der Waals surface area contributed by atoms with Gasteiger partial charge in [0.1, 0.15) is 18.1 Å². The van der Waals surface area contributed by atoms with E-state index < -0.39 is 6.10 Å². The van der Waals surface area contributed by atoms with E-state index in [1.165, 1.54) is 5.56 Å². The Bertz CT molecular complexity index is 576. The van der Waals surface area contributed by atoms with Gasteiger partial charge in [-0.15, -0.1) is 0 Å². The van der Waals surface area contributed by atoms with Gasteiger partial charge in [-0.3, -0.25) is 0 Å². The summed E-state index contributed by atoms with van der Waals surface area (Å²) in [5, 5.41) is 9.77. The monoisotopic (exact) mass is 286 g/mol. The molecular weight excluding hydrogens is 264 g/mol. The quantitative estimate of drug-likeness (QED) is 0.871. The van der Waals surface area contributed by atoms with E-state index in [-0.39, 0.29) is 0 Å². The first-order valence-corrected chi connectivity index (χ1v) is 7.18. The summed E-state index contributed by atoms with van der Waals surface area (Å²) >= 11 is 0. The van der Waals surface area contributed by atoms with E-state index in [0.29, 0.717) is 13.0 Å². The van der Waals surface area contributed by atoms with Crippen LogP contribution in [0.2, 0.25) is 0 Å². The lowest BCUT2D eigenvalue weighted by atomic mass is 10.1. The summed E-state index contributed by atoms with van der Waals surface area (Å²) in [4.78, 5) is 0. The second-order valence-corrected chi connectivity index (χ2v) is 5.10. The first-order valence-electron chi connectivity index (χ1n) is 7.18. The van der Waals surface area contributed by atoms with Gasteiger partial charge >= 0.3 is 0 Å². The molecule has 0 saturated heterocycles. The fourth-order valence-corrected chi connectivity index (χ4v) is 2.20. The third kappa shape index (κ3) is 3.99. The molecule has 1 atom stereocenters. The van der Waals surface area contributed by atoms with Crippen LogP contribution in [0.3, 0.4) is 0 Å². The Morgan fingerprint density at radius 1 is 1.10 bits per heavy atom. The minimum Gasteiger partial charge on any atom is -0.496 e. The van der Waals surface area contributed by atoms with Gasteiger partial charge in [-0.25, -0.2) is 0 Å². The maximum Gasteiger partial charge on any atom is 0.125 e. The first-order chi connectivity index (χ1) is 10.1. The molecule has 3 nitrogen and oxygen atoms in total. The highest BCUT2D eigenvalue weighted by atomic mass is 16.5. The number of aryl methyl sites for hydroxylation is 1. The molecule has 21 heavy (non-hydrogen) atoms. The molecule has 0 amide bonds. The minimum atomic E-state index is -0.407. The number of aliphatic hydroxyl groups excluding tert-OH is 1. The minimum absolute atomic E-state index is 0.407. The second kappa shape index (κ2) is 7.14. The first kappa shape index (κ1) is 15.4. The highest BCUT2D eigenvalue weighted by Crippen LogP contribution is 2.23. The number of aliphatic hydroxyl groups is 1. The molecule has 0 radical (unpaired) electrons. The zero-order valence-corrected chi connectivity index (χ0v) is 12.8. The topological polar surface area (TPSA) is 38.7 Å². The lowest BCUT2D eigenvalue weighted by Crippen LogP contribution is -2.00. The molecule has 0 aliphatic rings. The van der Waals surface area contributed by atoms with Crippen LogP contribution < -0.4 is 9.47 Å². The van der Waals surface area contributed by atoms with E-state index >= 15 is 0 Å². The Balaban J connectivity index is 2.04. The van der Waals surface area contributed by atoms with Crippen molar-refractivity contribution in [3.63, 3.8) is 0 Å². The molecule has 0 aliphatic carbocycles. The van der Waals surface area contributed by atoms with Crippen LogP contribution in [0.25, 0.3) is 0 Å². The lowest BCUT2D eigenvalue weighted by Gasteiger charge is -2.12. The SMILES string of the molecule is CCC(O)c1ccc(OCc2cc(C)ccc2OC)cc1. The third-order valence-electron chi connectivity index (χ3n) is 3.48. The molecule has 0 bridgehead atoms. The summed E-state index contributed by atoms with van der Waals surface area (Å²) in [7, 11) is 1.66. The highest BCUT2D eigenvalue weighted by Gasteiger charge is 2.06. The van der Waals surface area contributed by atoms with E-state index in [9.17, 15) is 5.11 Å². The Labute approximate surface area is 126 Å². The zero-order valence-electron chi connectivity index (χ0n) is 12.8. The van der Waals surface area contributed by atoms with E-state index in [1.54, 1.807) is 7.11 Å². The summed E-state index contributed by atoms with van der Waals surface area (Å²) in [5.74, 6) is 1.62. The van der Waals surface area contributed by atoms with Gasteiger partial charge in [-0.2, -0.15) is 0 Å². The summed E-state index contributed by atoms with van der Waals surface area (Å²) in [6, 6.07) is 13.6. The van der Waals surface area contributed by atoms with Gasteiger partial charge in [0.05, 0.1) is 13.2 Å². The number of methoxy groups -OCH3 is 1. The summed E-state index contributed by atoms with van der Waals surface area (Å²) < 4.78 is 11.1. The molecule has 0 fully saturated rings. The van der Waals surface area contributed by atoms with Gasteiger partial charge in [-0.05, 0) is 43.2 Å². The number of benzene rings is 2. The molecule has 1 unspecified atom stereocenters. The average Bonchev–Trinajstić information content (AvgIpc) is 2.52. The molecule has 0 heterocycles. The van der Waals surface area contributed by atoms with Crippen LogP contribution in [0.5, 0.6) is 11.5 Å². The third-order valence-corrected chi connectivity index (χ3v) is 3.48. The van der Waals surface area contributed by atoms with Gasteiger partial charge in [-0.1, -0.05) is 30.7 Å². The number of rotatable bonds is 6. The van der Waals surface area contributed by atoms with E-state index in [1.807, 2.05) is 50.2 Å². The van der Waals surface area contributed by atoms with E-state index in [4.69, 9.17) is 9.47 Å². The van der Waals surface area contributed by atoms with Gasteiger partial charge in [0.2, 0.25) is 0 Å². The Morgan fingerprint density at radius 2 is 1.81 bits per heavy atom. The standard InChI is InChI=1S/C18H22O3/c1-4-17(19)14-6-8-16(9-7-14)21-12-15-11-13(2)5-10-18(15)20-3/h5-11,17,19H,4,12H2,1-3H3. The van der Waals surface area contributed by atoms with E-state index in [2.05, 4.69) is 6.07 Å². The van der Waals surface area contributed by atoms with Crippen molar-refractivity contribution in [3.8, 4) is 11.5 Å².